The Bertz CT molecular complexity index is 242. The molecule has 5 heteroatoms. The van der Waals surface area contributed by atoms with E-state index in [1.807, 2.05) is 0 Å². The van der Waals surface area contributed by atoms with Crippen LogP contribution in [-0.2, 0) is 10.5 Å². The number of rotatable bonds is 10. The van der Waals surface area contributed by atoms with Gasteiger partial charge < -0.3 is 0 Å². The van der Waals surface area contributed by atoms with Crippen LogP contribution in [0.3, 0.4) is 0 Å². The van der Waals surface area contributed by atoms with Gasteiger partial charge in [-0.3, -0.25) is 0 Å². The topological polar surface area (TPSA) is 58.5 Å². The molecule has 0 unspecified atom stereocenters. The second kappa shape index (κ2) is 11.7. The minimum atomic E-state index is -2.31. The highest BCUT2D eigenvalue weighted by Gasteiger charge is 1.90. The molecule has 0 aromatic heterocycles. The Labute approximate surface area is 94.1 Å². The van der Waals surface area contributed by atoms with Gasteiger partial charge in [0.25, 0.3) is 0 Å². The average Bonchev–Trinajstić information content (AvgIpc) is 2.20. The quantitative estimate of drug-likeness (QED) is 0.467. The van der Waals surface area contributed by atoms with E-state index in [1.54, 1.807) is 0 Å². The predicted octanol–water partition coefficient (Wildman–Crippen LogP) is 2.69. The summed E-state index contributed by atoms with van der Waals surface area (Å²) in [5.74, 6) is 0. The Morgan fingerprint density at radius 1 is 0.933 bits per heavy atom. The van der Waals surface area contributed by atoms with Crippen LogP contribution < -0.4 is 5.43 Å². The van der Waals surface area contributed by atoms with Gasteiger partial charge in [-0.2, -0.15) is 13.8 Å². The summed E-state index contributed by atoms with van der Waals surface area (Å²) in [6, 6.07) is 0. The first-order valence-corrected chi connectivity index (χ1v) is 6.83. The van der Waals surface area contributed by atoms with Gasteiger partial charge in [-0.1, -0.05) is 56.3 Å². The third-order valence-electron chi connectivity index (χ3n) is 2.28. The van der Waals surface area contributed by atoms with Crippen LogP contribution in [0, 0.1) is 0 Å². The van der Waals surface area contributed by atoms with E-state index in [0.29, 0.717) is 6.54 Å². The maximum atomic E-state index is 10.0. The Balaban J connectivity index is 3.02. The molecule has 0 saturated carbocycles. The van der Waals surface area contributed by atoms with Crippen molar-refractivity contribution in [1.82, 2.24) is 5.43 Å². The summed E-state index contributed by atoms with van der Waals surface area (Å²) in [6.07, 6.45) is 9.99. The maximum absolute atomic E-state index is 10.0. The van der Waals surface area contributed by atoms with Crippen molar-refractivity contribution >= 4 is 10.5 Å². The molecule has 0 spiro atoms. The molecule has 0 radical (unpaired) electrons. The van der Waals surface area contributed by atoms with Crippen LogP contribution in [-0.4, -0.2) is 15.0 Å². The number of hydrogen-bond donors (Lipinski definition) is 1. The molecule has 0 bridgehead atoms. The van der Waals surface area contributed by atoms with E-state index < -0.39 is 10.5 Å². The Morgan fingerprint density at radius 3 is 2.00 bits per heavy atom. The van der Waals surface area contributed by atoms with Crippen LogP contribution in [0.15, 0.2) is 4.47 Å². The highest BCUT2D eigenvalue weighted by Crippen LogP contribution is 2.07. The first-order chi connectivity index (χ1) is 7.27. The Morgan fingerprint density at radius 2 is 1.47 bits per heavy atom. The molecule has 0 rings (SSSR count). The van der Waals surface area contributed by atoms with Gasteiger partial charge in [-0.25, -0.2) is 0 Å². The highest BCUT2D eigenvalue weighted by atomic mass is 32.2. The first-order valence-electron chi connectivity index (χ1n) is 5.80. The molecule has 0 fully saturated rings. The highest BCUT2D eigenvalue weighted by molar-refractivity contribution is 7.61. The molecule has 0 aromatic rings. The van der Waals surface area contributed by atoms with Crippen LogP contribution in [0.2, 0.25) is 0 Å². The molecular weight excluding hydrogens is 212 g/mol. The largest absolute Gasteiger partial charge is 0.327 e. The molecule has 0 heterocycles. The SMILES string of the molecule is CCCCCCCCCCNN=S(=O)=O. The molecule has 0 aliphatic carbocycles. The van der Waals surface area contributed by atoms with Crippen molar-refractivity contribution in [2.24, 2.45) is 4.47 Å². The molecule has 1 N–H and O–H groups in total. The van der Waals surface area contributed by atoms with Gasteiger partial charge in [0, 0.05) is 6.54 Å². The Kier molecular flexibility index (Phi) is 11.3. The average molecular weight is 234 g/mol. The lowest BCUT2D eigenvalue weighted by Crippen LogP contribution is -2.06. The second-order valence-electron chi connectivity index (χ2n) is 3.69. The van der Waals surface area contributed by atoms with Gasteiger partial charge >= 0.3 is 10.5 Å². The van der Waals surface area contributed by atoms with Crippen LogP contribution in [0.5, 0.6) is 0 Å². The van der Waals surface area contributed by atoms with E-state index >= 15 is 0 Å². The molecule has 0 saturated heterocycles. The van der Waals surface area contributed by atoms with E-state index in [9.17, 15) is 8.42 Å². The lowest BCUT2D eigenvalue weighted by atomic mass is 10.1. The van der Waals surface area contributed by atoms with Gasteiger partial charge in [-0.05, 0) is 6.42 Å². The zero-order valence-electron chi connectivity index (χ0n) is 9.54. The van der Waals surface area contributed by atoms with Crippen molar-refractivity contribution in [1.29, 1.82) is 0 Å². The van der Waals surface area contributed by atoms with Crippen molar-refractivity contribution in [3.63, 3.8) is 0 Å². The van der Waals surface area contributed by atoms with Crippen molar-refractivity contribution in [2.75, 3.05) is 6.54 Å². The molecule has 4 nitrogen and oxygen atoms in total. The van der Waals surface area contributed by atoms with Crippen LogP contribution in [0.4, 0.5) is 0 Å². The van der Waals surface area contributed by atoms with E-state index in [1.165, 1.54) is 38.5 Å². The Hall–Kier alpha value is -0.420. The number of nitrogens with zero attached hydrogens (tertiary/aromatic N) is 1. The third-order valence-corrected chi connectivity index (χ3v) is 2.56. The predicted molar refractivity (Wildman–Crippen MR) is 62.0 cm³/mol. The van der Waals surface area contributed by atoms with Gasteiger partial charge in [0.05, 0.1) is 0 Å². The van der Waals surface area contributed by atoms with Crippen LogP contribution >= 0.6 is 0 Å². The molecule has 0 aromatic carbocycles. The molecule has 0 aliphatic heterocycles. The van der Waals surface area contributed by atoms with E-state index in [2.05, 4.69) is 16.8 Å². The third kappa shape index (κ3) is 13.6. The molecule has 0 aliphatic rings. The van der Waals surface area contributed by atoms with E-state index in [0.717, 1.165) is 12.8 Å². The normalized spacial score (nSPS) is 10.2. The van der Waals surface area contributed by atoms with Gasteiger partial charge in [0.15, 0.2) is 0 Å². The van der Waals surface area contributed by atoms with Crippen LogP contribution in [0.25, 0.3) is 0 Å². The van der Waals surface area contributed by atoms with E-state index in [-0.39, 0.29) is 0 Å². The minimum absolute atomic E-state index is 0.656. The second-order valence-corrected chi connectivity index (χ2v) is 4.31. The summed E-state index contributed by atoms with van der Waals surface area (Å²) in [4.78, 5) is 0. The van der Waals surface area contributed by atoms with Crippen molar-refractivity contribution in [3.05, 3.63) is 0 Å². The van der Waals surface area contributed by atoms with Crippen LogP contribution in [0.1, 0.15) is 58.3 Å². The molecule has 15 heavy (non-hydrogen) atoms. The van der Waals surface area contributed by atoms with Gasteiger partial charge in [0.1, 0.15) is 0 Å². The first kappa shape index (κ1) is 14.6. The standard InChI is InChI=1S/C10H22N2O2S/c1-2-3-4-5-6-7-8-9-10-11-12-15(13)14/h11H,2-10H2,1H3. The number of unbranched alkanes of at least 4 members (excludes halogenated alkanes) is 7. The summed E-state index contributed by atoms with van der Waals surface area (Å²) in [7, 11) is -2.31. The summed E-state index contributed by atoms with van der Waals surface area (Å²) >= 11 is 0. The smallest absolute Gasteiger partial charge is 0.198 e. The van der Waals surface area contributed by atoms with Crippen molar-refractivity contribution in [2.45, 2.75) is 58.3 Å². The monoisotopic (exact) mass is 234 g/mol. The fourth-order valence-electron chi connectivity index (χ4n) is 1.44. The van der Waals surface area contributed by atoms with Crippen molar-refractivity contribution in [3.8, 4) is 0 Å². The zero-order valence-corrected chi connectivity index (χ0v) is 10.4. The summed E-state index contributed by atoms with van der Waals surface area (Å²) in [6.45, 7) is 2.87. The summed E-state index contributed by atoms with van der Waals surface area (Å²) < 4.78 is 23.2. The molecule has 90 valence electrons. The lowest BCUT2D eigenvalue weighted by Gasteiger charge is -2.00. The van der Waals surface area contributed by atoms with Crippen molar-refractivity contribution < 1.29 is 8.42 Å². The number of nitrogens with one attached hydrogen (secondary N) is 1. The van der Waals surface area contributed by atoms with Gasteiger partial charge in [0.2, 0.25) is 0 Å². The molecule has 0 atom stereocenters. The maximum Gasteiger partial charge on any atom is 0.327 e. The number of hydrogen-bond acceptors (Lipinski definition) is 3. The lowest BCUT2D eigenvalue weighted by molar-refractivity contribution is 0.559. The van der Waals surface area contributed by atoms with E-state index in [4.69, 9.17) is 0 Å². The molecule has 0 amide bonds. The van der Waals surface area contributed by atoms with Gasteiger partial charge in [-0.15, -0.1) is 0 Å². The fourth-order valence-corrected chi connectivity index (χ4v) is 1.63. The fraction of sp³-hybridized carbons (Fsp3) is 1.00. The molecular formula is C10H22N2O2S. The summed E-state index contributed by atoms with van der Waals surface area (Å²) in [5.41, 5.74) is 2.51. The minimum Gasteiger partial charge on any atom is -0.198 e. The zero-order chi connectivity index (χ0) is 11.4. The summed E-state index contributed by atoms with van der Waals surface area (Å²) in [5, 5.41) is 0.